The summed E-state index contributed by atoms with van der Waals surface area (Å²) >= 11 is 5.80. The lowest BCUT2D eigenvalue weighted by molar-refractivity contribution is 0.173. The Morgan fingerprint density at radius 2 is 1.79 bits per heavy atom. The minimum Gasteiger partial charge on any atom is -0.382 e. The summed E-state index contributed by atoms with van der Waals surface area (Å²) in [5.74, 6) is 0.450. The Morgan fingerprint density at radius 3 is 2.32 bits per heavy atom. The molecule has 1 nitrogen and oxygen atoms in total. The van der Waals surface area contributed by atoms with Crippen LogP contribution in [0.1, 0.15) is 46.5 Å². The molecule has 0 atom stereocenters. The Bertz CT molecular complexity index is 431. The fourth-order valence-corrected chi connectivity index (χ4v) is 3.11. The third-order valence-electron chi connectivity index (χ3n) is 4.24. The number of halogens is 2. The Labute approximate surface area is 120 Å². The van der Waals surface area contributed by atoms with Gasteiger partial charge in [-0.25, -0.2) is 4.39 Å². The van der Waals surface area contributed by atoms with Gasteiger partial charge in [0.25, 0.3) is 0 Å². The van der Waals surface area contributed by atoms with Gasteiger partial charge in [-0.2, -0.15) is 0 Å². The number of nitrogens with one attached hydrogen (secondary N) is 1. The molecule has 19 heavy (non-hydrogen) atoms. The van der Waals surface area contributed by atoms with Gasteiger partial charge in [0, 0.05) is 11.7 Å². The highest BCUT2D eigenvalue weighted by atomic mass is 35.5. The van der Waals surface area contributed by atoms with Crippen LogP contribution in [-0.4, -0.2) is 6.04 Å². The second-order valence-electron chi connectivity index (χ2n) is 6.69. The van der Waals surface area contributed by atoms with E-state index in [0.717, 1.165) is 11.6 Å². The van der Waals surface area contributed by atoms with Gasteiger partial charge in [-0.05, 0) is 55.2 Å². The smallest absolute Gasteiger partial charge is 0.141 e. The molecule has 0 aromatic heterocycles. The van der Waals surface area contributed by atoms with Crippen molar-refractivity contribution in [1.29, 1.82) is 0 Å². The molecule has 0 radical (unpaired) electrons. The topological polar surface area (TPSA) is 12.0 Å². The summed E-state index contributed by atoms with van der Waals surface area (Å²) in [4.78, 5) is 0. The fourth-order valence-electron chi connectivity index (χ4n) is 2.93. The zero-order valence-electron chi connectivity index (χ0n) is 12.0. The summed E-state index contributed by atoms with van der Waals surface area (Å²) in [5, 5.41) is 3.66. The molecule has 1 aromatic rings. The number of hydrogen-bond donors (Lipinski definition) is 1. The quantitative estimate of drug-likeness (QED) is 0.756. The molecule has 1 N–H and O–H groups in total. The van der Waals surface area contributed by atoms with Gasteiger partial charge in [-0.3, -0.25) is 0 Å². The molecule has 1 aliphatic carbocycles. The van der Waals surface area contributed by atoms with Crippen molar-refractivity contribution in [1.82, 2.24) is 0 Å². The lowest BCUT2D eigenvalue weighted by atomic mass is 9.71. The van der Waals surface area contributed by atoms with E-state index in [9.17, 15) is 4.39 Å². The van der Waals surface area contributed by atoms with E-state index in [2.05, 4.69) is 26.1 Å². The maximum absolute atomic E-state index is 13.1. The SMILES string of the molecule is CC(C)(C)C1CCC(Nc2ccc(F)c(Cl)c2)CC1. The van der Waals surface area contributed by atoms with Crippen LogP contribution in [0, 0.1) is 17.2 Å². The molecule has 1 saturated carbocycles. The van der Waals surface area contributed by atoms with Gasteiger partial charge in [-0.15, -0.1) is 0 Å². The molecular weight excluding hydrogens is 261 g/mol. The molecule has 0 aliphatic heterocycles. The van der Waals surface area contributed by atoms with E-state index in [1.165, 1.54) is 31.7 Å². The van der Waals surface area contributed by atoms with E-state index in [-0.39, 0.29) is 10.8 Å². The fraction of sp³-hybridized carbons (Fsp3) is 0.625. The standard InChI is InChI=1S/C16H23ClFN/c1-16(2,3)11-4-6-12(7-5-11)19-13-8-9-15(18)14(17)10-13/h8-12,19H,4-7H2,1-3H3. The zero-order chi connectivity index (χ0) is 14.0. The summed E-state index contributed by atoms with van der Waals surface area (Å²) in [7, 11) is 0. The van der Waals surface area contributed by atoms with Gasteiger partial charge >= 0.3 is 0 Å². The average molecular weight is 284 g/mol. The highest BCUT2D eigenvalue weighted by Crippen LogP contribution is 2.38. The monoisotopic (exact) mass is 283 g/mol. The van der Waals surface area contributed by atoms with Crippen LogP contribution in [0.4, 0.5) is 10.1 Å². The van der Waals surface area contributed by atoms with E-state index in [1.54, 1.807) is 12.1 Å². The zero-order valence-corrected chi connectivity index (χ0v) is 12.7. The molecule has 2 rings (SSSR count). The molecule has 3 heteroatoms. The van der Waals surface area contributed by atoms with Crippen LogP contribution in [-0.2, 0) is 0 Å². The number of benzene rings is 1. The first-order valence-corrected chi connectivity index (χ1v) is 7.45. The van der Waals surface area contributed by atoms with Crippen LogP contribution >= 0.6 is 11.6 Å². The van der Waals surface area contributed by atoms with Crippen LogP contribution in [0.3, 0.4) is 0 Å². The molecule has 0 amide bonds. The Morgan fingerprint density at radius 1 is 1.16 bits per heavy atom. The molecule has 0 spiro atoms. The van der Waals surface area contributed by atoms with E-state index in [0.29, 0.717) is 11.5 Å². The minimum absolute atomic E-state index is 0.188. The molecule has 1 aliphatic rings. The van der Waals surface area contributed by atoms with Crippen LogP contribution in [0.15, 0.2) is 18.2 Å². The van der Waals surface area contributed by atoms with Crippen molar-refractivity contribution in [3.63, 3.8) is 0 Å². The minimum atomic E-state index is -0.358. The lowest BCUT2D eigenvalue weighted by Crippen LogP contribution is -2.31. The van der Waals surface area contributed by atoms with Gasteiger partial charge < -0.3 is 5.32 Å². The van der Waals surface area contributed by atoms with Crippen LogP contribution < -0.4 is 5.32 Å². The molecule has 0 bridgehead atoms. The first-order chi connectivity index (χ1) is 8.86. The maximum atomic E-state index is 13.1. The van der Waals surface area contributed by atoms with Crippen molar-refractivity contribution in [2.45, 2.75) is 52.5 Å². The van der Waals surface area contributed by atoms with Crippen molar-refractivity contribution >= 4 is 17.3 Å². The van der Waals surface area contributed by atoms with Crippen molar-refractivity contribution < 1.29 is 4.39 Å². The highest BCUT2D eigenvalue weighted by Gasteiger charge is 2.29. The predicted octanol–water partition coefficient (Wildman–Crippen LogP) is 5.50. The normalized spacial score (nSPS) is 24.3. The van der Waals surface area contributed by atoms with Crippen LogP contribution in [0.25, 0.3) is 0 Å². The third kappa shape index (κ3) is 3.85. The van der Waals surface area contributed by atoms with E-state index in [1.807, 2.05) is 0 Å². The van der Waals surface area contributed by atoms with Crippen molar-refractivity contribution in [3.8, 4) is 0 Å². The van der Waals surface area contributed by atoms with Crippen LogP contribution in [0.5, 0.6) is 0 Å². The summed E-state index contributed by atoms with van der Waals surface area (Å²) in [6.07, 6.45) is 4.88. The first-order valence-electron chi connectivity index (χ1n) is 7.08. The summed E-state index contributed by atoms with van der Waals surface area (Å²) in [6.45, 7) is 6.97. The molecule has 1 aromatic carbocycles. The Balaban J connectivity index is 1.90. The number of anilines is 1. The number of rotatable bonds is 2. The molecular formula is C16H23ClFN. The van der Waals surface area contributed by atoms with Gasteiger partial charge in [0.2, 0.25) is 0 Å². The molecule has 0 heterocycles. The summed E-state index contributed by atoms with van der Waals surface area (Å²) in [5.41, 5.74) is 1.33. The number of hydrogen-bond acceptors (Lipinski definition) is 1. The summed E-state index contributed by atoms with van der Waals surface area (Å²) < 4.78 is 13.1. The van der Waals surface area contributed by atoms with E-state index >= 15 is 0 Å². The largest absolute Gasteiger partial charge is 0.382 e. The van der Waals surface area contributed by atoms with Crippen LogP contribution in [0.2, 0.25) is 5.02 Å². The Kier molecular flexibility index (Phi) is 4.39. The van der Waals surface area contributed by atoms with Crippen molar-refractivity contribution in [3.05, 3.63) is 29.0 Å². The lowest BCUT2D eigenvalue weighted by Gasteiger charge is -2.37. The van der Waals surface area contributed by atoms with E-state index in [4.69, 9.17) is 11.6 Å². The highest BCUT2D eigenvalue weighted by molar-refractivity contribution is 6.31. The first kappa shape index (κ1) is 14.6. The second kappa shape index (κ2) is 5.70. The molecule has 1 fully saturated rings. The maximum Gasteiger partial charge on any atom is 0.141 e. The van der Waals surface area contributed by atoms with Gasteiger partial charge in [-0.1, -0.05) is 32.4 Å². The summed E-state index contributed by atoms with van der Waals surface area (Å²) in [6, 6.07) is 5.34. The Hall–Kier alpha value is -0.760. The third-order valence-corrected chi connectivity index (χ3v) is 4.53. The van der Waals surface area contributed by atoms with Gasteiger partial charge in [0.15, 0.2) is 0 Å². The average Bonchev–Trinajstić information content (AvgIpc) is 2.33. The molecule has 0 saturated heterocycles. The van der Waals surface area contributed by atoms with E-state index < -0.39 is 0 Å². The molecule has 106 valence electrons. The predicted molar refractivity (Wildman–Crippen MR) is 80.2 cm³/mol. The van der Waals surface area contributed by atoms with Gasteiger partial charge in [0.1, 0.15) is 5.82 Å². The van der Waals surface area contributed by atoms with Crippen molar-refractivity contribution in [2.75, 3.05) is 5.32 Å². The second-order valence-corrected chi connectivity index (χ2v) is 7.09. The molecule has 0 unspecified atom stereocenters. The van der Waals surface area contributed by atoms with Gasteiger partial charge in [0.05, 0.1) is 5.02 Å². The van der Waals surface area contributed by atoms with Crippen molar-refractivity contribution in [2.24, 2.45) is 11.3 Å².